The molecule has 0 amide bonds. The Morgan fingerprint density at radius 1 is 1.78 bits per heavy atom. The van der Waals surface area contributed by atoms with E-state index in [0.717, 1.165) is 19.5 Å². The van der Waals surface area contributed by atoms with Crippen molar-refractivity contribution in [1.29, 1.82) is 0 Å². The molecular weight excluding hydrogens is 137 g/mol. The molecule has 0 radical (unpaired) electrons. The number of hydrogen-bond donors (Lipinski definition) is 0. The lowest BCUT2D eigenvalue weighted by Gasteiger charge is -2.23. The highest BCUT2D eigenvalue weighted by Gasteiger charge is 2.14. The quantitative estimate of drug-likeness (QED) is 0.523. The van der Waals surface area contributed by atoms with E-state index < -0.39 is 8.18 Å². The van der Waals surface area contributed by atoms with E-state index in [1.165, 1.54) is 0 Å². The second-order valence-electron chi connectivity index (χ2n) is 2.05. The number of rotatable bonds is 1. The normalized spacial score (nSPS) is 30.6. The van der Waals surface area contributed by atoms with Gasteiger partial charge in [0.25, 0.3) is 8.18 Å². The zero-order valence-corrected chi connectivity index (χ0v) is 6.59. The summed E-state index contributed by atoms with van der Waals surface area (Å²) in [6.45, 7) is 4.46. The van der Waals surface area contributed by atoms with Gasteiger partial charge in [-0.2, -0.15) is 0 Å². The van der Waals surface area contributed by atoms with Gasteiger partial charge in [0.05, 0.1) is 6.61 Å². The van der Waals surface area contributed by atoms with Crippen molar-refractivity contribution in [3.05, 3.63) is 0 Å². The van der Waals surface area contributed by atoms with Crippen LogP contribution >= 0.6 is 8.18 Å². The lowest BCUT2D eigenvalue weighted by molar-refractivity contribution is 0.228. The van der Waals surface area contributed by atoms with Crippen LogP contribution in [0.1, 0.15) is 13.3 Å². The van der Waals surface area contributed by atoms with Gasteiger partial charge in [-0.25, -0.2) is 4.67 Å². The van der Waals surface area contributed by atoms with E-state index in [2.05, 4.69) is 0 Å². The average Bonchev–Trinajstić information content (AvgIpc) is 1.89. The number of hydrogen-bond acceptors (Lipinski definition) is 2. The van der Waals surface area contributed by atoms with Crippen LogP contribution in [-0.4, -0.2) is 24.4 Å². The molecule has 0 aromatic rings. The van der Waals surface area contributed by atoms with E-state index in [-0.39, 0.29) is 0 Å². The first-order chi connectivity index (χ1) is 4.34. The molecule has 0 aromatic heterocycles. The molecule has 1 saturated heterocycles. The Hall–Kier alpha value is 0.150. The van der Waals surface area contributed by atoms with Crippen LogP contribution < -0.4 is 0 Å². The van der Waals surface area contributed by atoms with E-state index in [1.54, 1.807) is 0 Å². The fraction of sp³-hybridized carbons (Fsp3) is 1.00. The van der Waals surface area contributed by atoms with Gasteiger partial charge in [-0.05, 0) is 6.42 Å². The highest BCUT2D eigenvalue weighted by atomic mass is 31.1. The summed E-state index contributed by atoms with van der Waals surface area (Å²) in [6, 6.07) is 0. The van der Waals surface area contributed by atoms with E-state index in [4.69, 9.17) is 4.52 Å². The van der Waals surface area contributed by atoms with Crippen molar-refractivity contribution in [3.8, 4) is 0 Å². The molecule has 4 heteroatoms. The predicted molar refractivity (Wildman–Crippen MR) is 36.8 cm³/mol. The molecule has 3 nitrogen and oxygen atoms in total. The Labute approximate surface area is 55.9 Å². The zero-order chi connectivity index (χ0) is 6.69. The molecule has 0 aromatic carbocycles. The van der Waals surface area contributed by atoms with Gasteiger partial charge >= 0.3 is 0 Å². The van der Waals surface area contributed by atoms with Crippen molar-refractivity contribution >= 4 is 8.18 Å². The third-order valence-corrected chi connectivity index (χ3v) is 2.95. The molecule has 0 saturated carbocycles. The Morgan fingerprint density at radius 3 is 3.00 bits per heavy atom. The van der Waals surface area contributed by atoms with Crippen LogP contribution in [0.3, 0.4) is 0 Å². The van der Waals surface area contributed by atoms with Crippen LogP contribution in [0.15, 0.2) is 0 Å². The first kappa shape index (κ1) is 7.26. The van der Waals surface area contributed by atoms with Gasteiger partial charge in [0.2, 0.25) is 0 Å². The molecule has 9 heavy (non-hydrogen) atoms. The first-order valence-corrected chi connectivity index (χ1v) is 4.52. The van der Waals surface area contributed by atoms with Crippen LogP contribution in [-0.2, 0) is 9.09 Å². The summed E-state index contributed by atoms with van der Waals surface area (Å²) in [4.78, 5) is 0. The van der Waals surface area contributed by atoms with Crippen molar-refractivity contribution < 1.29 is 9.09 Å². The lowest BCUT2D eigenvalue weighted by atomic mass is 10.4. The lowest BCUT2D eigenvalue weighted by Crippen LogP contribution is -2.22. The van der Waals surface area contributed by atoms with Crippen LogP contribution in [0.25, 0.3) is 0 Å². The van der Waals surface area contributed by atoms with Crippen molar-refractivity contribution in [2.45, 2.75) is 13.3 Å². The molecule has 1 rings (SSSR count). The second-order valence-corrected chi connectivity index (χ2v) is 3.50. The van der Waals surface area contributed by atoms with E-state index in [1.807, 2.05) is 11.6 Å². The van der Waals surface area contributed by atoms with Crippen molar-refractivity contribution in [3.63, 3.8) is 0 Å². The van der Waals surface area contributed by atoms with Crippen LogP contribution in [0, 0.1) is 0 Å². The Balaban J connectivity index is 2.39. The predicted octanol–water partition coefficient (Wildman–Crippen LogP) is 1.12. The summed E-state index contributed by atoms with van der Waals surface area (Å²) in [7, 11) is -1.80. The van der Waals surface area contributed by atoms with Crippen LogP contribution in [0.2, 0.25) is 0 Å². The standard InChI is InChI=1S/C5H12NO2P/c1-2-6-4-3-5-8-9(6)7/h9H,2-5H2,1H3. The topological polar surface area (TPSA) is 29.5 Å². The molecule has 0 aliphatic carbocycles. The highest BCUT2D eigenvalue weighted by Crippen LogP contribution is 2.31. The highest BCUT2D eigenvalue weighted by molar-refractivity contribution is 7.36. The fourth-order valence-electron chi connectivity index (χ4n) is 0.885. The molecule has 1 atom stereocenters. The summed E-state index contributed by atoms with van der Waals surface area (Å²) in [6.07, 6.45) is 1.02. The molecule has 1 unspecified atom stereocenters. The molecule has 1 heterocycles. The van der Waals surface area contributed by atoms with Crippen LogP contribution in [0.4, 0.5) is 0 Å². The number of nitrogens with zero attached hydrogens (tertiary/aromatic N) is 1. The van der Waals surface area contributed by atoms with Gasteiger partial charge in [0.1, 0.15) is 0 Å². The molecular formula is C5H12NO2P. The molecule has 0 N–H and O–H groups in total. The minimum Gasteiger partial charge on any atom is -0.319 e. The van der Waals surface area contributed by atoms with Crippen LogP contribution in [0.5, 0.6) is 0 Å². The fourth-order valence-corrected chi connectivity index (χ4v) is 1.99. The SMILES string of the molecule is CCN1CCCO[PH]1=O. The summed E-state index contributed by atoms with van der Waals surface area (Å²) >= 11 is 0. The Kier molecular flexibility index (Phi) is 2.70. The molecule has 54 valence electrons. The van der Waals surface area contributed by atoms with Crippen molar-refractivity contribution in [1.82, 2.24) is 4.67 Å². The maximum atomic E-state index is 10.9. The van der Waals surface area contributed by atoms with Gasteiger partial charge in [0, 0.05) is 13.1 Å². The van der Waals surface area contributed by atoms with E-state index in [9.17, 15) is 4.57 Å². The second kappa shape index (κ2) is 3.35. The first-order valence-electron chi connectivity index (χ1n) is 3.26. The Morgan fingerprint density at radius 2 is 2.56 bits per heavy atom. The maximum Gasteiger partial charge on any atom is 0.260 e. The summed E-state index contributed by atoms with van der Waals surface area (Å²) < 4.78 is 17.8. The molecule has 1 fully saturated rings. The summed E-state index contributed by atoms with van der Waals surface area (Å²) in [5, 5.41) is 0. The third kappa shape index (κ3) is 1.78. The largest absolute Gasteiger partial charge is 0.319 e. The molecule has 1 aliphatic rings. The van der Waals surface area contributed by atoms with Gasteiger partial charge in [-0.3, -0.25) is 4.57 Å². The smallest absolute Gasteiger partial charge is 0.260 e. The Bertz CT molecular complexity index is 118. The van der Waals surface area contributed by atoms with Crippen molar-refractivity contribution in [2.24, 2.45) is 0 Å². The van der Waals surface area contributed by atoms with Gasteiger partial charge in [-0.1, -0.05) is 6.92 Å². The summed E-state index contributed by atoms with van der Waals surface area (Å²) in [5.41, 5.74) is 0. The zero-order valence-electron chi connectivity index (χ0n) is 5.59. The molecule has 0 bridgehead atoms. The molecule has 0 spiro atoms. The summed E-state index contributed by atoms with van der Waals surface area (Å²) in [5.74, 6) is 0. The maximum absolute atomic E-state index is 10.9. The van der Waals surface area contributed by atoms with Crippen molar-refractivity contribution in [2.75, 3.05) is 19.7 Å². The average molecular weight is 149 g/mol. The van der Waals surface area contributed by atoms with Gasteiger partial charge in [0.15, 0.2) is 0 Å². The minimum atomic E-state index is -1.80. The van der Waals surface area contributed by atoms with Gasteiger partial charge in [-0.15, -0.1) is 0 Å². The van der Waals surface area contributed by atoms with E-state index in [0.29, 0.717) is 6.61 Å². The minimum absolute atomic E-state index is 0.675. The molecule has 1 aliphatic heterocycles. The van der Waals surface area contributed by atoms with E-state index >= 15 is 0 Å². The third-order valence-electron chi connectivity index (χ3n) is 1.44. The van der Waals surface area contributed by atoms with Gasteiger partial charge < -0.3 is 4.52 Å². The monoisotopic (exact) mass is 149 g/mol.